The zero-order valence-corrected chi connectivity index (χ0v) is 11.6. The first kappa shape index (κ1) is 13.9. The Morgan fingerprint density at radius 2 is 1.69 bits per heavy atom. The molecule has 2 rings (SSSR count). The van der Waals surface area contributed by atoms with Gasteiger partial charge in [0.1, 0.15) is 0 Å². The number of hydrogen-bond acceptors (Lipinski definition) is 2. The summed E-state index contributed by atoms with van der Waals surface area (Å²) in [5.74, 6) is 0. The van der Waals surface area contributed by atoms with Gasteiger partial charge in [-0.05, 0) is 12.1 Å². The molecule has 78 valence electrons. The fourth-order valence-electron chi connectivity index (χ4n) is 1.11. The van der Waals surface area contributed by atoms with Crippen LogP contribution in [0.1, 0.15) is 0 Å². The van der Waals surface area contributed by atoms with E-state index in [0.717, 1.165) is 11.0 Å². The molecule has 0 atom stereocenters. The van der Waals surface area contributed by atoms with Crippen LogP contribution in [-0.2, 0) is 0 Å². The van der Waals surface area contributed by atoms with E-state index in [1.807, 2.05) is 0 Å². The minimum absolute atomic E-state index is 0. The normalized spacial score (nSPS) is 10.9. The molecule has 0 aliphatic rings. The van der Waals surface area contributed by atoms with Gasteiger partial charge in [0.2, 0.25) is 0 Å². The number of nitrogens with zero attached hydrogens (tertiary/aromatic N) is 3. The number of hydrogen-bond donors (Lipinski definition) is 0. The van der Waals surface area contributed by atoms with Crippen molar-refractivity contribution >= 4 is 12.6 Å². The van der Waals surface area contributed by atoms with Crippen molar-refractivity contribution in [2.45, 2.75) is 0 Å². The van der Waals surface area contributed by atoms with Gasteiger partial charge in [0.05, 0.1) is 5.69 Å². The SMILES string of the molecule is F[B-](F)(F)c1cnn(-c2ccccc2)n1.[K+]. The van der Waals surface area contributed by atoms with Crippen molar-refractivity contribution in [2.75, 3.05) is 0 Å². The predicted molar refractivity (Wildman–Crippen MR) is 50.1 cm³/mol. The zero-order valence-electron chi connectivity index (χ0n) is 8.52. The van der Waals surface area contributed by atoms with Crippen molar-refractivity contribution in [1.82, 2.24) is 15.0 Å². The number of halogens is 3. The Hall–Kier alpha value is -0.149. The van der Waals surface area contributed by atoms with Gasteiger partial charge in [-0.15, -0.1) is 0 Å². The molecule has 3 nitrogen and oxygen atoms in total. The van der Waals surface area contributed by atoms with Crippen molar-refractivity contribution < 1.29 is 64.3 Å². The summed E-state index contributed by atoms with van der Waals surface area (Å²) in [7, 11) is 0. The van der Waals surface area contributed by atoms with Crippen molar-refractivity contribution in [3.8, 4) is 5.69 Å². The molecule has 0 aliphatic carbocycles. The summed E-state index contributed by atoms with van der Waals surface area (Å²) in [4.78, 5) is 0.963. The van der Waals surface area contributed by atoms with E-state index in [1.54, 1.807) is 30.3 Å². The summed E-state index contributed by atoms with van der Waals surface area (Å²) in [6, 6.07) is 8.44. The fraction of sp³-hybridized carbons (Fsp3) is 0. The van der Waals surface area contributed by atoms with Crippen LogP contribution in [0.4, 0.5) is 12.9 Å². The largest absolute Gasteiger partial charge is 1.00 e. The molecule has 0 fully saturated rings. The number of aromatic nitrogens is 3. The molecule has 0 saturated carbocycles. The van der Waals surface area contributed by atoms with E-state index in [1.165, 1.54) is 0 Å². The molecule has 8 heteroatoms. The third kappa shape index (κ3) is 3.17. The molecule has 0 saturated heterocycles. The third-order valence-corrected chi connectivity index (χ3v) is 1.83. The summed E-state index contributed by atoms with van der Waals surface area (Å²) < 4.78 is 36.8. The van der Waals surface area contributed by atoms with E-state index in [9.17, 15) is 12.9 Å². The monoisotopic (exact) mass is 251 g/mol. The average molecular weight is 251 g/mol. The van der Waals surface area contributed by atoms with E-state index in [-0.39, 0.29) is 51.4 Å². The molecule has 0 bridgehead atoms. The molecule has 0 N–H and O–H groups in total. The van der Waals surface area contributed by atoms with Crippen molar-refractivity contribution in [2.24, 2.45) is 0 Å². The van der Waals surface area contributed by atoms with Gasteiger partial charge in [-0.2, -0.15) is 15.0 Å². The van der Waals surface area contributed by atoms with E-state index >= 15 is 0 Å². The molecule has 1 aromatic heterocycles. The van der Waals surface area contributed by atoms with E-state index < -0.39 is 12.6 Å². The van der Waals surface area contributed by atoms with Crippen LogP contribution in [0.3, 0.4) is 0 Å². The van der Waals surface area contributed by atoms with Crippen molar-refractivity contribution in [1.29, 1.82) is 0 Å². The summed E-state index contributed by atoms with van der Waals surface area (Å²) >= 11 is 0. The van der Waals surface area contributed by atoms with Gasteiger partial charge in [0, 0.05) is 11.8 Å². The molecule has 0 aliphatic heterocycles. The summed E-state index contributed by atoms with van der Waals surface area (Å²) in [5.41, 5.74) is -0.428. The van der Waals surface area contributed by atoms with Gasteiger partial charge in [0.15, 0.2) is 0 Å². The van der Waals surface area contributed by atoms with Crippen LogP contribution in [0.2, 0.25) is 0 Å². The van der Waals surface area contributed by atoms with Crippen LogP contribution in [0.15, 0.2) is 36.5 Å². The maximum atomic E-state index is 12.3. The van der Waals surface area contributed by atoms with Gasteiger partial charge >= 0.3 is 58.4 Å². The van der Waals surface area contributed by atoms with Crippen LogP contribution in [-0.4, -0.2) is 22.0 Å². The first-order valence-corrected chi connectivity index (χ1v) is 4.25. The van der Waals surface area contributed by atoms with Crippen LogP contribution < -0.4 is 57.0 Å². The predicted octanol–water partition coefficient (Wildman–Crippen LogP) is -1.67. The third-order valence-electron chi connectivity index (χ3n) is 1.83. The Morgan fingerprint density at radius 3 is 2.19 bits per heavy atom. The molecule has 0 amide bonds. The first-order valence-electron chi connectivity index (χ1n) is 4.25. The van der Waals surface area contributed by atoms with Gasteiger partial charge in [-0.3, -0.25) is 0 Å². The Morgan fingerprint density at radius 1 is 1.06 bits per heavy atom. The van der Waals surface area contributed by atoms with Gasteiger partial charge in [0.25, 0.3) is 0 Å². The second-order valence-corrected chi connectivity index (χ2v) is 2.97. The van der Waals surface area contributed by atoms with E-state index in [2.05, 4.69) is 10.2 Å². The van der Waals surface area contributed by atoms with Gasteiger partial charge < -0.3 is 12.9 Å². The quantitative estimate of drug-likeness (QED) is 0.597. The fourth-order valence-corrected chi connectivity index (χ4v) is 1.11. The smallest absolute Gasteiger partial charge is 0.444 e. The Bertz CT molecular complexity index is 457. The average Bonchev–Trinajstić information content (AvgIpc) is 2.67. The Balaban J connectivity index is 0.00000128. The maximum Gasteiger partial charge on any atom is 1.00 e. The van der Waals surface area contributed by atoms with Crippen molar-refractivity contribution in [3.63, 3.8) is 0 Å². The molecule has 16 heavy (non-hydrogen) atoms. The summed E-state index contributed by atoms with van der Waals surface area (Å²) in [6.45, 7) is -5.08. The summed E-state index contributed by atoms with van der Waals surface area (Å²) in [5, 5.41) is 6.91. The molecule has 1 aromatic carbocycles. The molecule has 2 aromatic rings. The molecule has 0 radical (unpaired) electrons. The van der Waals surface area contributed by atoms with E-state index in [4.69, 9.17) is 0 Å². The van der Waals surface area contributed by atoms with Crippen molar-refractivity contribution in [3.05, 3.63) is 36.5 Å². The van der Waals surface area contributed by atoms with Crippen LogP contribution >= 0.6 is 0 Å². The van der Waals surface area contributed by atoms with E-state index in [0.29, 0.717) is 5.69 Å². The second kappa shape index (κ2) is 5.46. The van der Waals surface area contributed by atoms with Crippen LogP contribution in [0.5, 0.6) is 0 Å². The topological polar surface area (TPSA) is 30.7 Å². The molecule has 1 heterocycles. The van der Waals surface area contributed by atoms with Crippen LogP contribution in [0, 0.1) is 0 Å². The second-order valence-electron chi connectivity index (χ2n) is 2.97. The molecule has 0 spiro atoms. The molecular weight excluding hydrogens is 245 g/mol. The Labute approximate surface area is 133 Å². The minimum Gasteiger partial charge on any atom is -0.444 e. The van der Waals surface area contributed by atoms with Gasteiger partial charge in [-0.1, -0.05) is 18.2 Å². The molecular formula is C8H6BF3KN3. The molecule has 0 unspecified atom stereocenters. The van der Waals surface area contributed by atoms with Gasteiger partial charge in [-0.25, -0.2) is 0 Å². The minimum atomic E-state index is -5.08. The standard InChI is InChI=1S/C8H6BF3N3.K/c10-9(11,12)8-6-13-15(14-8)7-4-2-1-3-5-7;/h1-6H;/q-1;+1. The van der Waals surface area contributed by atoms with Crippen LogP contribution in [0.25, 0.3) is 5.69 Å². The Kier molecular flexibility index (Phi) is 4.75. The number of para-hydroxylation sites is 1. The first-order chi connectivity index (χ1) is 7.07. The number of rotatable bonds is 2. The maximum absolute atomic E-state index is 12.3. The zero-order chi connectivity index (χ0) is 10.9. The number of benzene rings is 1. The summed E-state index contributed by atoms with van der Waals surface area (Å²) in [6.07, 6.45) is 0.729.